The van der Waals surface area contributed by atoms with Crippen molar-refractivity contribution in [1.82, 2.24) is 4.58 Å². The van der Waals surface area contributed by atoms with Crippen molar-refractivity contribution in [3.63, 3.8) is 0 Å². The number of methoxy groups -OCH3 is 2. The molecular weight excluding hydrogens is 376 g/mol. The van der Waals surface area contributed by atoms with Crippen LogP contribution in [-0.4, -0.2) is 42.4 Å². The van der Waals surface area contributed by atoms with E-state index in [9.17, 15) is 0 Å². The number of anilines is 1. The van der Waals surface area contributed by atoms with Crippen molar-refractivity contribution >= 4 is 16.7 Å². The van der Waals surface area contributed by atoms with Gasteiger partial charge in [-0.25, -0.2) is 4.58 Å². The summed E-state index contributed by atoms with van der Waals surface area (Å²) in [6.45, 7) is 0. The first-order valence-electron chi connectivity index (χ1n) is 9.83. The zero-order valence-corrected chi connectivity index (χ0v) is 18.3. The molecule has 0 spiro atoms. The molecule has 0 bridgehead atoms. The number of hydrogen-bond donors (Lipinski definition) is 0. The minimum atomic E-state index is 0.780. The summed E-state index contributed by atoms with van der Waals surface area (Å²) in [5, 5.41) is 2.11. The van der Waals surface area contributed by atoms with E-state index in [4.69, 9.17) is 13.9 Å². The number of rotatable bonds is 4. The molecule has 0 saturated carbocycles. The van der Waals surface area contributed by atoms with Crippen molar-refractivity contribution in [2.75, 3.05) is 47.3 Å². The van der Waals surface area contributed by atoms with Crippen LogP contribution in [0.4, 0.5) is 5.69 Å². The monoisotopic (exact) mass is 403 g/mol. The third-order valence-corrected chi connectivity index (χ3v) is 5.40. The number of nitrogens with zero attached hydrogens (tertiary/aromatic N) is 2. The number of ether oxygens (including phenoxy) is 2. The van der Waals surface area contributed by atoms with Crippen LogP contribution in [0.2, 0.25) is 0 Å². The molecule has 4 rings (SSSR count). The lowest BCUT2D eigenvalue weighted by Crippen LogP contribution is -2.21. The van der Waals surface area contributed by atoms with Gasteiger partial charge in [0.2, 0.25) is 5.36 Å². The highest BCUT2D eigenvalue weighted by molar-refractivity contribution is 6.04. The van der Waals surface area contributed by atoms with Gasteiger partial charge in [0.05, 0.1) is 20.3 Å². The number of benzene rings is 3. The van der Waals surface area contributed by atoms with E-state index in [1.807, 2.05) is 46.4 Å². The maximum absolute atomic E-state index is 6.39. The Bertz CT molecular complexity index is 1270. The van der Waals surface area contributed by atoms with Crippen LogP contribution in [0.3, 0.4) is 0 Å². The molecule has 1 aliphatic carbocycles. The highest BCUT2D eigenvalue weighted by Gasteiger charge is 2.21. The molecule has 2 aromatic rings. The zero-order valence-electron chi connectivity index (χ0n) is 18.3. The quantitative estimate of drug-likeness (QED) is 0.376. The second-order valence-corrected chi connectivity index (χ2v) is 7.69. The van der Waals surface area contributed by atoms with Crippen LogP contribution >= 0.6 is 0 Å². The largest absolute Gasteiger partial charge is 0.497 e. The lowest BCUT2D eigenvalue weighted by Gasteiger charge is -2.19. The van der Waals surface area contributed by atoms with Crippen LogP contribution in [0.5, 0.6) is 11.5 Å². The summed E-state index contributed by atoms with van der Waals surface area (Å²) < 4.78 is 19.7. The predicted molar refractivity (Wildman–Crippen MR) is 123 cm³/mol. The summed E-state index contributed by atoms with van der Waals surface area (Å²) in [7, 11) is 11.5. The van der Waals surface area contributed by atoms with Crippen LogP contribution in [-0.2, 0) is 0 Å². The number of hydrogen-bond acceptors (Lipinski definition) is 4. The average molecular weight is 404 g/mol. The van der Waals surface area contributed by atoms with Crippen LogP contribution in [0.1, 0.15) is 0 Å². The van der Waals surface area contributed by atoms with Crippen molar-refractivity contribution in [3.05, 3.63) is 60.0 Å². The lowest BCUT2D eigenvalue weighted by atomic mass is 9.92. The molecule has 0 fully saturated rings. The summed E-state index contributed by atoms with van der Waals surface area (Å²) in [4.78, 5) is 2.07. The first kappa shape index (κ1) is 19.8. The molecule has 154 valence electrons. The average Bonchev–Trinajstić information content (AvgIpc) is 2.76. The predicted octanol–water partition coefficient (Wildman–Crippen LogP) is 4.32. The first-order valence-corrected chi connectivity index (χ1v) is 9.83. The maximum Gasteiger partial charge on any atom is 0.203 e. The van der Waals surface area contributed by atoms with E-state index in [0.29, 0.717) is 0 Å². The van der Waals surface area contributed by atoms with Crippen LogP contribution in [0, 0.1) is 0 Å². The summed E-state index contributed by atoms with van der Waals surface area (Å²) in [5.41, 5.74) is 4.97. The molecule has 5 nitrogen and oxygen atoms in total. The second-order valence-electron chi connectivity index (χ2n) is 7.69. The fraction of sp³-hybridized carbons (Fsp3) is 0.240. The molecule has 0 unspecified atom stereocenters. The van der Waals surface area contributed by atoms with Gasteiger partial charge in [-0.05, 0) is 36.4 Å². The smallest absolute Gasteiger partial charge is 0.203 e. The van der Waals surface area contributed by atoms with E-state index >= 15 is 0 Å². The third kappa shape index (κ3) is 3.36. The second kappa shape index (κ2) is 7.75. The standard InChI is InChI=1S/C25H27N2O3/c1-26(2)16-7-10-19-23(13-16)30-24-14-17(27(3)4)8-11-20(24)25(19)21-15-18(28-5)9-12-22(21)29-6/h7-15H,1-6H3/q+1. The van der Waals surface area contributed by atoms with Crippen molar-refractivity contribution in [2.45, 2.75) is 0 Å². The molecule has 1 aliphatic heterocycles. The zero-order chi connectivity index (χ0) is 21.4. The molecule has 0 N–H and O–H groups in total. The molecule has 0 aromatic heterocycles. The van der Waals surface area contributed by atoms with Gasteiger partial charge in [-0.2, -0.15) is 0 Å². The van der Waals surface area contributed by atoms with Crippen LogP contribution in [0.15, 0.2) is 59.0 Å². The number of fused-ring (bicyclic) bond motifs is 2. The van der Waals surface area contributed by atoms with E-state index in [-0.39, 0.29) is 0 Å². The minimum Gasteiger partial charge on any atom is -0.497 e. The van der Waals surface area contributed by atoms with Gasteiger partial charge in [0, 0.05) is 54.0 Å². The summed E-state index contributed by atoms with van der Waals surface area (Å²) in [5.74, 6) is 2.39. The van der Waals surface area contributed by atoms with Gasteiger partial charge in [0.25, 0.3) is 0 Å². The molecule has 1 heterocycles. The Morgan fingerprint density at radius 2 is 1.63 bits per heavy atom. The molecule has 0 atom stereocenters. The molecular formula is C25H27N2O3+. The molecule has 0 radical (unpaired) electrons. The minimum absolute atomic E-state index is 0.780. The van der Waals surface area contributed by atoms with Gasteiger partial charge in [-0.15, -0.1) is 0 Å². The molecule has 5 heteroatoms. The van der Waals surface area contributed by atoms with Gasteiger partial charge in [-0.1, -0.05) is 0 Å². The summed E-state index contributed by atoms with van der Waals surface area (Å²) in [6.07, 6.45) is 0. The van der Waals surface area contributed by atoms with Crippen molar-refractivity contribution in [3.8, 4) is 33.9 Å². The van der Waals surface area contributed by atoms with E-state index < -0.39 is 0 Å². The van der Waals surface area contributed by atoms with Crippen molar-refractivity contribution < 1.29 is 13.9 Å². The molecule has 0 amide bonds. The SMILES string of the molecule is COc1ccc(OC)c(-c2c3ccc(=[N+](C)C)cc-3oc3cc(N(C)C)ccc23)c1. The molecule has 2 aliphatic rings. The van der Waals surface area contributed by atoms with Crippen LogP contribution in [0.25, 0.3) is 33.4 Å². The Labute approximate surface area is 176 Å². The Morgan fingerprint density at radius 1 is 0.833 bits per heavy atom. The molecule has 0 saturated heterocycles. The Hall–Kier alpha value is -3.47. The van der Waals surface area contributed by atoms with E-state index in [1.165, 1.54) is 0 Å². The fourth-order valence-electron chi connectivity index (χ4n) is 3.72. The third-order valence-electron chi connectivity index (χ3n) is 5.40. The van der Waals surface area contributed by atoms with E-state index in [2.05, 4.69) is 45.9 Å². The summed E-state index contributed by atoms with van der Waals surface area (Å²) in [6, 6.07) is 18.5. The molecule has 2 aromatic carbocycles. The van der Waals surface area contributed by atoms with Crippen molar-refractivity contribution in [1.29, 1.82) is 0 Å². The van der Waals surface area contributed by atoms with Gasteiger partial charge in [0.15, 0.2) is 0 Å². The highest BCUT2D eigenvalue weighted by Crippen LogP contribution is 2.44. The Kier molecular flexibility index (Phi) is 5.12. The van der Waals surface area contributed by atoms with Gasteiger partial charge in [0.1, 0.15) is 36.9 Å². The van der Waals surface area contributed by atoms with Crippen LogP contribution < -0.4 is 24.3 Å². The van der Waals surface area contributed by atoms with Gasteiger partial charge in [-0.3, -0.25) is 0 Å². The maximum atomic E-state index is 6.39. The molecule has 30 heavy (non-hydrogen) atoms. The highest BCUT2D eigenvalue weighted by atomic mass is 16.5. The van der Waals surface area contributed by atoms with Gasteiger partial charge >= 0.3 is 0 Å². The first-order chi connectivity index (χ1) is 14.4. The van der Waals surface area contributed by atoms with E-state index in [1.54, 1.807) is 14.2 Å². The van der Waals surface area contributed by atoms with E-state index in [0.717, 1.165) is 56.0 Å². The lowest BCUT2D eigenvalue weighted by molar-refractivity contribution is 0.404. The van der Waals surface area contributed by atoms with Crippen molar-refractivity contribution in [2.24, 2.45) is 0 Å². The Balaban J connectivity index is 2.17. The van der Waals surface area contributed by atoms with Gasteiger partial charge < -0.3 is 18.8 Å². The summed E-state index contributed by atoms with van der Waals surface area (Å²) >= 11 is 0. The topological polar surface area (TPSA) is 37.9 Å². The fourth-order valence-corrected chi connectivity index (χ4v) is 3.72. The normalized spacial score (nSPS) is 11.0. The Morgan fingerprint density at radius 3 is 2.30 bits per heavy atom.